The Labute approximate surface area is 111 Å². The average molecular weight is 303 g/mol. The summed E-state index contributed by atoms with van der Waals surface area (Å²) in [5.74, 6) is 0.600. The maximum absolute atomic E-state index is 9.88. The molecule has 0 heterocycles. The molecule has 17 heavy (non-hydrogen) atoms. The zero-order valence-corrected chi connectivity index (χ0v) is 12.0. The maximum Gasteiger partial charge on any atom is 0.126 e. The van der Waals surface area contributed by atoms with Crippen LogP contribution in [0.3, 0.4) is 0 Å². The fourth-order valence-electron chi connectivity index (χ4n) is 1.31. The van der Waals surface area contributed by atoms with Gasteiger partial charge in [0.2, 0.25) is 0 Å². The van der Waals surface area contributed by atoms with E-state index in [2.05, 4.69) is 15.9 Å². The topological polar surface area (TPSA) is 49.7 Å². The van der Waals surface area contributed by atoms with Gasteiger partial charge in [-0.15, -0.1) is 0 Å². The Morgan fingerprint density at radius 1 is 1.47 bits per heavy atom. The van der Waals surface area contributed by atoms with Crippen molar-refractivity contribution in [3.05, 3.63) is 28.2 Å². The van der Waals surface area contributed by atoms with Crippen molar-refractivity contribution in [2.45, 2.75) is 38.9 Å². The van der Waals surface area contributed by atoms with E-state index in [1.807, 2.05) is 19.1 Å². The van der Waals surface area contributed by atoms with E-state index >= 15 is 0 Å². The van der Waals surface area contributed by atoms with Gasteiger partial charge in [-0.05, 0) is 32.4 Å². The summed E-state index contributed by atoms with van der Waals surface area (Å²) in [7, 11) is 0. The molecule has 2 atom stereocenters. The third-order valence-electron chi connectivity index (χ3n) is 2.73. The van der Waals surface area contributed by atoms with E-state index in [0.29, 0.717) is 12.2 Å². The van der Waals surface area contributed by atoms with Crippen LogP contribution in [0.25, 0.3) is 0 Å². The third-order valence-corrected chi connectivity index (χ3v) is 3.22. The number of aliphatic hydroxyl groups excluding tert-OH is 1. The summed E-state index contributed by atoms with van der Waals surface area (Å²) in [4.78, 5) is 0. The second-order valence-electron chi connectivity index (χ2n) is 4.50. The van der Waals surface area contributed by atoms with Crippen molar-refractivity contribution >= 4 is 15.9 Å². The number of aliphatic hydroxyl groups is 2. The number of halogens is 1. The molecule has 96 valence electrons. The van der Waals surface area contributed by atoms with Crippen molar-refractivity contribution in [2.75, 3.05) is 6.61 Å². The predicted molar refractivity (Wildman–Crippen MR) is 71.2 cm³/mol. The Morgan fingerprint density at radius 2 is 2.12 bits per heavy atom. The van der Waals surface area contributed by atoms with Crippen LogP contribution in [0.15, 0.2) is 22.7 Å². The van der Waals surface area contributed by atoms with Gasteiger partial charge in [0.05, 0.1) is 11.7 Å². The highest BCUT2D eigenvalue weighted by atomic mass is 79.9. The molecular formula is C13H19BrO3. The molecule has 4 heteroatoms. The SMILES string of the molecule is CCC(C)(O)COc1cc(Br)ccc1[C@H](C)O. The molecule has 0 bridgehead atoms. The lowest BCUT2D eigenvalue weighted by molar-refractivity contribution is 0.00744. The van der Waals surface area contributed by atoms with Crippen molar-refractivity contribution < 1.29 is 14.9 Å². The molecule has 0 saturated heterocycles. The highest BCUT2D eigenvalue weighted by molar-refractivity contribution is 9.10. The first-order chi connectivity index (χ1) is 7.85. The number of hydrogen-bond acceptors (Lipinski definition) is 3. The molecule has 0 aliphatic rings. The van der Waals surface area contributed by atoms with Gasteiger partial charge in [-0.25, -0.2) is 0 Å². The second-order valence-corrected chi connectivity index (χ2v) is 5.41. The Balaban J connectivity index is 2.85. The summed E-state index contributed by atoms with van der Waals surface area (Å²) in [5.41, 5.74) is -0.127. The normalized spacial score (nSPS) is 16.4. The standard InChI is InChI=1S/C13H19BrO3/c1-4-13(3,16)8-17-12-7-10(14)5-6-11(12)9(2)15/h5-7,9,15-16H,4,8H2,1-3H3/t9-,13?/m0/s1. The van der Waals surface area contributed by atoms with Gasteiger partial charge in [-0.2, -0.15) is 0 Å². The van der Waals surface area contributed by atoms with E-state index in [0.717, 1.165) is 10.0 Å². The van der Waals surface area contributed by atoms with E-state index in [-0.39, 0.29) is 6.61 Å². The van der Waals surface area contributed by atoms with Crippen molar-refractivity contribution in [2.24, 2.45) is 0 Å². The monoisotopic (exact) mass is 302 g/mol. The molecular weight excluding hydrogens is 284 g/mol. The fraction of sp³-hybridized carbons (Fsp3) is 0.538. The highest BCUT2D eigenvalue weighted by Crippen LogP contribution is 2.29. The minimum atomic E-state index is -0.849. The lowest BCUT2D eigenvalue weighted by Crippen LogP contribution is -2.31. The quantitative estimate of drug-likeness (QED) is 0.879. The minimum Gasteiger partial charge on any atom is -0.490 e. The Bertz CT molecular complexity index is 375. The van der Waals surface area contributed by atoms with Crippen LogP contribution in [0.4, 0.5) is 0 Å². The van der Waals surface area contributed by atoms with Gasteiger partial charge in [0.1, 0.15) is 12.4 Å². The molecule has 0 spiro atoms. The first-order valence-electron chi connectivity index (χ1n) is 5.68. The van der Waals surface area contributed by atoms with E-state index in [1.54, 1.807) is 19.9 Å². The minimum absolute atomic E-state index is 0.208. The fourth-order valence-corrected chi connectivity index (χ4v) is 1.65. The van der Waals surface area contributed by atoms with Crippen LogP contribution in [-0.4, -0.2) is 22.4 Å². The van der Waals surface area contributed by atoms with Crippen LogP contribution in [0, 0.1) is 0 Å². The zero-order chi connectivity index (χ0) is 13.1. The number of benzene rings is 1. The van der Waals surface area contributed by atoms with Crippen molar-refractivity contribution in [1.82, 2.24) is 0 Å². The number of rotatable bonds is 5. The number of hydrogen-bond donors (Lipinski definition) is 2. The van der Waals surface area contributed by atoms with E-state index in [9.17, 15) is 10.2 Å². The van der Waals surface area contributed by atoms with Gasteiger partial charge in [-0.3, -0.25) is 0 Å². The van der Waals surface area contributed by atoms with E-state index in [1.165, 1.54) is 0 Å². The zero-order valence-electron chi connectivity index (χ0n) is 10.4. The number of ether oxygens (including phenoxy) is 1. The van der Waals surface area contributed by atoms with Gasteiger partial charge in [0.25, 0.3) is 0 Å². The maximum atomic E-state index is 9.88. The molecule has 0 fully saturated rings. The molecule has 2 N–H and O–H groups in total. The summed E-state index contributed by atoms with van der Waals surface area (Å²) >= 11 is 3.36. The van der Waals surface area contributed by atoms with Gasteiger partial charge >= 0.3 is 0 Å². The largest absolute Gasteiger partial charge is 0.490 e. The summed E-state index contributed by atoms with van der Waals surface area (Å²) in [5, 5.41) is 19.5. The second kappa shape index (κ2) is 5.85. The van der Waals surface area contributed by atoms with Crippen molar-refractivity contribution in [1.29, 1.82) is 0 Å². The molecule has 0 aliphatic carbocycles. The lowest BCUT2D eigenvalue weighted by atomic mass is 10.1. The molecule has 0 amide bonds. The van der Waals surface area contributed by atoms with Gasteiger partial charge in [-0.1, -0.05) is 28.9 Å². The molecule has 0 saturated carbocycles. The van der Waals surface area contributed by atoms with Crippen molar-refractivity contribution in [3.8, 4) is 5.75 Å². The van der Waals surface area contributed by atoms with Crippen LogP contribution in [-0.2, 0) is 0 Å². The summed E-state index contributed by atoms with van der Waals surface area (Å²) < 4.78 is 6.48. The molecule has 0 radical (unpaired) electrons. The predicted octanol–water partition coefficient (Wildman–Crippen LogP) is 3.04. The smallest absolute Gasteiger partial charge is 0.126 e. The van der Waals surface area contributed by atoms with Gasteiger partial charge in [0.15, 0.2) is 0 Å². The van der Waals surface area contributed by atoms with Gasteiger partial charge in [0, 0.05) is 10.0 Å². The molecule has 1 aromatic carbocycles. The Kier molecular flexibility index (Phi) is 4.98. The van der Waals surface area contributed by atoms with E-state index < -0.39 is 11.7 Å². The Morgan fingerprint density at radius 3 is 2.65 bits per heavy atom. The molecule has 3 nitrogen and oxygen atoms in total. The Hall–Kier alpha value is -0.580. The van der Waals surface area contributed by atoms with Crippen molar-refractivity contribution in [3.63, 3.8) is 0 Å². The summed E-state index contributed by atoms with van der Waals surface area (Å²) in [6.07, 6.45) is 0.0232. The van der Waals surface area contributed by atoms with Crippen LogP contribution in [0.5, 0.6) is 5.75 Å². The van der Waals surface area contributed by atoms with Crippen LogP contribution < -0.4 is 4.74 Å². The van der Waals surface area contributed by atoms with E-state index in [4.69, 9.17) is 4.74 Å². The lowest BCUT2D eigenvalue weighted by Gasteiger charge is -2.23. The summed E-state index contributed by atoms with van der Waals surface area (Å²) in [6, 6.07) is 5.46. The first kappa shape index (κ1) is 14.5. The van der Waals surface area contributed by atoms with Crippen LogP contribution >= 0.6 is 15.9 Å². The summed E-state index contributed by atoms with van der Waals surface area (Å²) in [6.45, 7) is 5.53. The van der Waals surface area contributed by atoms with Crippen LogP contribution in [0.1, 0.15) is 38.9 Å². The van der Waals surface area contributed by atoms with Crippen LogP contribution in [0.2, 0.25) is 0 Å². The molecule has 1 rings (SSSR count). The molecule has 1 unspecified atom stereocenters. The average Bonchev–Trinajstić information content (AvgIpc) is 2.26. The molecule has 0 aliphatic heterocycles. The third kappa shape index (κ3) is 4.30. The molecule has 1 aromatic rings. The highest BCUT2D eigenvalue weighted by Gasteiger charge is 2.20. The van der Waals surface area contributed by atoms with Gasteiger partial charge < -0.3 is 14.9 Å². The first-order valence-corrected chi connectivity index (χ1v) is 6.47. The molecule has 0 aromatic heterocycles.